The lowest BCUT2D eigenvalue weighted by Crippen LogP contribution is -2.21. The molecule has 1 saturated carbocycles. The summed E-state index contributed by atoms with van der Waals surface area (Å²) in [7, 11) is -3.79. The predicted octanol–water partition coefficient (Wildman–Crippen LogP) is 6.55. The van der Waals surface area contributed by atoms with Gasteiger partial charge in [0.2, 0.25) is 0 Å². The molecule has 9 heteroatoms. The average Bonchev–Trinajstić information content (AvgIpc) is 3.41. The second kappa shape index (κ2) is 12.0. The largest absolute Gasteiger partial charge is 0.489 e. The van der Waals surface area contributed by atoms with E-state index in [2.05, 4.69) is 9.38 Å². The minimum atomic E-state index is -3.79. The van der Waals surface area contributed by atoms with Crippen LogP contribution in [0.1, 0.15) is 48.6 Å². The van der Waals surface area contributed by atoms with E-state index in [4.69, 9.17) is 19.6 Å². The first-order chi connectivity index (χ1) is 20.4. The number of imidazole rings is 1. The first kappa shape index (κ1) is 27.9. The summed E-state index contributed by atoms with van der Waals surface area (Å²) in [6.07, 6.45) is 7.06. The number of rotatable bonds is 9. The first-order valence-electron chi connectivity index (χ1n) is 14.2. The van der Waals surface area contributed by atoms with Crippen molar-refractivity contribution in [3.8, 4) is 17.0 Å². The van der Waals surface area contributed by atoms with Crippen molar-refractivity contribution >= 4 is 21.5 Å². The van der Waals surface area contributed by atoms with Crippen molar-refractivity contribution in [3.05, 3.63) is 108 Å². The summed E-state index contributed by atoms with van der Waals surface area (Å²) in [5.74, 6) is 2.48. The maximum atomic E-state index is 12.8. The summed E-state index contributed by atoms with van der Waals surface area (Å²) in [5, 5.41) is 0. The molecule has 2 heterocycles. The summed E-state index contributed by atoms with van der Waals surface area (Å²) < 4.78 is 39.2. The van der Waals surface area contributed by atoms with Crippen LogP contribution >= 0.6 is 0 Å². The highest BCUT2D eigenvalue weighted by molar-refractivity contribution is 7.86. The predicted molar refractivity (Wildman–Crippen MR) is 163 cm³/mol. The van der Waals surface area contributed by atoms with Gasteiger partial charge in [-0.05, 0) is 67.9 Å². The highest BCUT2D eigenvalue weighted by Crippen LogP contribution is 2.39. The van der Waals surface area contributed by atoms with Crippen LogP contribution in [-0.2, 0) is 20.9 Å². The topological polar surface area (TPSA) is 109 Å². The number of benzene rings is 3. The minimum absolute atomic E-state index is 0.163. The Kier molecular flexibility index (Phi) is 7.95. The molecule has 1 fully saturated rings. The van der Waals surface area contributed by atoms with Gasteiger partial charge in [-0.2, -0.15) is 8.42 Å². The fourth-order valence-electron chi connectivity index (χ4n) is 5.72. The van der Waals surface area contributed by atoms with Crippen LogP contribution < -0.4 is 10.5 Å². The van der Waals surface area contributed by atoms with Gasteiger partial charge >= 0.3 is 0 Å². The Balaban J connectivity index is 1.18. The van der Waals surface area contributed by atoms with E-state index in [1.807, 2.05) is 66.9 Å². The fourth-order valence-corrected chi connectivity index (χ4v) is 6.93. The van der Waals surface area contributed by atoms with Crippen molar-refractivity contribution in [1.82, 2.24) is 14.4 Å². The van der Waals surface area contributed by atoms with Gasteiger partial charge in [-0.15, -0.1) is 0 Å². The zero-order valence-electron chi connectivity index (χ0n) is 23.5. The molecule has 0 amide bonds. The number of aryl methyl sites for hydroxylation is 1. The van der Waals surface area contributed by atoms with Crippen molar-refractivity contribution in [2.24, 2.45) is 5.92 Å². The number of hydrogen-bond acceptors (Lipinski definition) is 7. The molecular formula is C33H34N4O4S. The Morgan fingerprint density at radius 1 is 0.952 bits per heavy atom. The summed E-state index contributed by atoms with van der Waals surface area (Å²) >= 11 is 0. The Bertz CT molecular complexity index is 1800. The van der Waals surface area contributed by atoms with Crippen LogP contribution in [0.5, 0.6) is 5.75 Å². The second-order valence-electron chi connectivity index (χ2n) is 10.9. The molecule has 0 aliphatic heterocycles. The smallest absolute Gasteiger partial charge is 0.297 e. The van der Waals surface area contributed by atoms with Crippen LogP contribution in [-0.4, -0.2) is 29.4 Å². The number of anilines is 1. The van der Waals surface area contributed by atoms with Crippen LogP contribution in [0.15, 0.2) is 96.2 Å². The normalized spacial score (nSPS) is 17.4. The lowest BCUT2D eigenvalue weighted by molar-refractivity contribution is 0.202. The zero-order valence-corrected chi connectivity index (χ0v) is 24.3. The Hall–Kier alpha value is -4.21. The number of hydrogen-bond donors (Lipinski definition) is 1. The molecule has 0 bridgehead atoms. The molecule has 0 saturated heterocycles. The van der Waals surface area contributed by atoms with Crippen molar-refractivity contribution in [2.75, 3.05) is 12.3 Å². The number of fused-ring (bicyclic) bond motifs is 1. The van der Waals surface area contributed by atoms with Gasteiger partial charge in [0, 0.05) is 23.9 Å². The summed E-state index contributed by atoms with van der Waals surface area (Å²) in [6.45, 7) is 2.44. The van der Waals surface area contributed by atoms with E-state index in [1.54, 1.807) is 31.3 Å². The van der Waals surface area contributed by atoms with Gasteiger partial charge in [0.25, 0.3) is 10.1 Å². The third kappa shape index (κ3) is 5.89. The monoisotopic (exact) mass is 582 g/mol. The van der Waals surface area contributed by atoms with E-state index in [1.165, 1.54) is 0 Å². The molecule has 2 N–H and O–H groups in total. The van der Waals surface area contributed by atoms with Crippen LogP contribution in [0.25, 0.3) is 16.8 Å². The first-order valence-corrected chi connectivity index (χ1v) is 15.6. The molecule has 8 nitrogen and oxygen atoms in total. The van der Waals surface area contributed by atoms with Gasteiger partial charge in [0.15, 0.2) is 0 Å². The van der Waals surface area contributed by atoms with E-state index in [0.29, 0.717) is 18.0 Å². The fraction of sp³-hybridized carbons (Fsp3) is 0.273. The molecule has 0 spiro atoms. The van der Waals surface area contributed by atoms with Crippen molar-refractivity contribution < 1.29 is 17.3 Å². The van der Waals surface area contributed by atoms with Crippen LogP contribution in [0.3, 0.4) is 0 Å². The molecule has 0 radical (unpaired) electrons. The van der Waals surface area contributed by atoms with Crippen molar-refractivity contribution in [3.63, 3.8) is 0 Å². The number of aromatic nitrogens is 3. The molecular weight excluding hydrogens is 548 g/mol. The molecule has 0 atom stereocenters. The molecule has 42 heavy (non-hydrogen) atoms. The lowest BCUT2D eigenvalue weighted by atomic mass is 9.82. The molecule has 1 aliphatic rings. The van der Waals surface area contributed by atoms with Crippen LogP contribution in [0.2, 0.25) is 0 Å². The zero-order chi connectivity index (χ0) is 29.1. The van der Waals surface area contributed by atoms with Gasteiger partial charge in [-0.1, -0.05) is 60.7 Å². The highest BCUT2D eigenvalue weighted by atomic mass is 32.2. The van der Waals surface area contributed by atoms with E-state index in [0.717, 1.165) is 59.6 Å². The highest BCUT2D eigenvalue weighted by Gasteiger charge is 2.29. The molecule has 6 rings (SSSR count). The quantitative estimate of drug-likeness (QED) is 0.196. The molecule has 5 aromatic rings. The second-order valence-corrected chi connectivity index (χ2v) is 12.5. The average molecular weight is 583 g/mol. The van der Waals surface area contributed by atoms with Crippen LogP contribution in [0.4, 0.5) is 5.82 Å². The molecule has 3 aromatic carbocycles. The van der Waals surface area contributed by atoms with Crippen molar-refractivity contribution in [2.45, 2.75) is 50.0 Å². The van der Waals surface area contributed by atoms with Crippen molar-refractivity contribution in [1.29, 1.82) is 0 Å². The number of nitrogens with two attached hydrogens (primary N) is 1. The van der Waals surface area contributed by atoms with Gasteiger partial charge in [0.1, 0.15) is 35.2 Å². The van der Waals surface area contributed by atoms with E-state index in [9.17, 15) is 8.42 Å². The van der Waals surface area contributed by atoms with Gasteiger partial charge in [-0.25, -0.2) is 9.97 Å². The SMILES string of the molecule is Cc1ccccc1S(=O)(=O)OCC1CCC(c2nc(-c3cccc(OCc4ccccc4)c3)c3c(N)nccn23)CC1. The number of nitrogen functional groups attached to an aromatic ring is 1. The van der Waals surface area contributed by atoms with Gasteiger partial charge in [-0.3, -0.25) is 8.58 Å². The number of ether oxygens (including phenoxy) is 1. The standard InChI is InChI=1S/C33H34N4O4S/c1-23-8-5-6-13-29(23)42(38,39)41-22-25-14-16-26(17-15-25)33-36-30(31-32(34)35-18-19-37(31)33)27-11-7-12-28(20-27)40-21-24-9-3-2-4-10-24/h2-13,18-20,25-26H,14-17,21-22H2,1H3,(H2,34,35). The Labute approximate surface area is 246 Å². The van der Waals surface area contributed by atoms with Gasteiger partial charge in [0.05, 0.1) is 11.5 Å². The molecule has 0 unspecified atom stereocenters. The summed E-state index contributed by atoms with van der Waals surface area (Å²) in [5.41, 5.74) is 10.6. The minimum Gasteiger partial charge on any atom is -0.489 e. The maximum absolute atomic E-state index is 12.8. The molecule has 1 aliphatic carbocycles. The Morgan fingerprint density at radius 2 is 1.71 bits per heavy atom. The van der Waals surface area contributed by atoms with Crippen LogP contribution in [0, 0.1) is 12.8 Å². The lowest BCUT2D eigenvalue weighted by Gasteiger charge is -2.27. The summed E-state index contributed by atoms with van der Waals surface area (Å²) in [4.78, 5) is 9.71. The molecule has 216 valence electrons. The molecule has 2 aromatic heterocycles. The van der Waals surface area contributed by atoms with E-state index in [-0.39, 0.29) is 23.3 Å². The van der Waals surface area contributed by atoms with Gasteiger partial charge < -0.3 is 10.5 Å². The van der Waals surface area contributed by atoms with E-state index >= 15 is 0 Å². The Morgan fingerprint density at radius 3 is 2.50 bits per heavy atom. The number of nitrogens with zero attached hydrogens (tertiary/aromatic N) is 3. The third-order valence-electron chi connectivity index (χ3n) is 8.00. The third-order valence-corrected chi connectivity index (χ3v) is 9.44. The van der Waals surface area contributed by atoms with E-state index < -0.39 is 10.1 Å². The summed E-state index contributed by atoms with van der Waals surface area (Å²) in [6, 6.07) is 24.9. The maximum Gasteiger partial charge on any atom is 0.297 e.